The Labute approximate surface area is 120 Å². The summed E-state index contributed by atoms with van der Waals surface area (Å²) in [6.07, 6.45) is 5.33. The first-order valence-corrected chi connectivity index (χ1v) is 8.84. The normalized spacial score (nSPS) is 24.9. The largest absolute Gasteiger partial charge is 0.481 e. The van der Waals surface area contributed by atoms with E-state index in [1.807, 2.05) is 6.92 Å². The van der Waals surface area contributed by atoms with Crippen molar-refractivity contribution in [3.05, 3.63) is 0 Å². The molecule has 1 aliphatic heterocycles. The van der Waals surface area contributed by atoms with Gasteiger partial charge in [-0.25, -0.2) is 0 Å². The van der Waals surface area contributed by atoms with Crippen LogP contribution in [0.1, 0.15) is 45.4 Å². The molecule has 1 atom stereocenters. The van der Waals surface area contributed by atoms with Crippen molar-refractivity contribution < 1.29 is 18.3 Å². The highest BCUT2D eigenvalue weighted by atomic mass is 32.2. The van der Waals surface area contributed by atoms with E-state index in [1.54, 1.807) is 0 Å². The number of aliphatic carboxylic acids is 1. The van der Waals surface area contributed by atoms with Crippen molar-refractivity contribution in [2.24, 2.45) is 11.8 Å². The Morgan fingerprint density at radius 3 is 2.25 bits per heavy atom. The van der Waals surface area contributed by atoms with E-state index < -0.39 is 22.1 Å². The van der Waals surface area contributed by atoms with Gasteiger partial charge in [-0.1, -0.05) is 12.8 Å². The minimum absolute atomic E-state index is 0.0419. The van der Waals surface area contributed by atoms with E-state index in [-0.39, 0.29) is 6.04 Å². The molecule has 0 radical (unpaired) electrons. The third-order valence-corrected chi connectivity index (χ3v) is 6.30. The summed E-state index contributed by atoms with van der Waals surface area (Å²) in [5.41, 5.74) is 0. The molecule has 1 heterocycles. The van der Waals surface area contributed by atoms with Gasteiger partial charge in [0.2, 0.25) is 0 Å². The van der Waals surface area contributed by atoms with Gasteiger partial charge in [0.1, 0.15) is 0 Å². The van der Waals surface area contributed by atoms with Crippen LogP contribution in [0.15, 0.2) is 0 Å². The molecule has 0 aromatic rings. The first-order chi connectivity index (χ1) is 9.40. The summed E-state index contributed by atoms with van der Waals surface area (Å²) < 4.78 is 28.7. The lowest BCUT2D eigenvalue weighted by molar-refractivity contribution is -0.142. The fourth-order valence-electron chi connectivity index (χ4n) is 3.21. The van der Waals surface area contributed by atoms with E-state index in [2.05, 4.69) is 4.72 Å². The molecule has 1 aliphatic carbocycles. The third-order valence-electron chi connectivity index (χ3n) is 4.58. The van der Waals surface area contributed by atoms with Crippen LogP contribution < -0.4 is 4.72 Å². The van der Waals surface area contributed by atoms with Crippen LogP contribution in [0.3, 0.4) is 0 Å². The van der Waals surface area contributed by atoms with Gasteiger partial charge in [-0.3, -0.25) is 4.79 Å². The number of hydrogen-bond donors (Lipinski definition) is 2. The molecule has 0 spiro atoms. The third kappa shape index (κ3) is 3.71. The molecule has 2 fully saturated rings. The monoisotopic (exact) mass is 304 g/mol. The SMILES string of the molecule is CC(NS(=O)(=O)N1CCC(C(=O)O)CC1)C1CCCC1. The maximum Gasteiger partial charge on any atom is 0.306 e. The molecular weight excluding hydrogens is 280 g/mol. The number of carboxylic acids is 1. The van der Waals surface area contributed by atoms with Crippen LogP contribution in [0, 0.1) is 11.8 Å². The van der Waals surface area contributed by atoms with E-state index in [0.717, 1.165) is 12.8 Å². The van der Waals surface area contributed by atoms with Crippen molar-refractivity contribution in [3.8, 4) is 0 Å². The van der Waals surface area contributed by atoms with E-state index >= 15 is 0 Å². The lowest BCUT2D eigenvalue weighted by atomic mass is 9.99. The van der Waals surface area contributed by atoms with Crippen molar-refractivity contribution in [2.75, 3.05) is 13.1 Å². The van der Waals surface area contributed by atoms with Gasteiger partial charge < -0.3 is 5.11 Å². The van der Waals surface area contributed by atoms with Gasteiger partial charge in [0.05, 0.1) is 5.92 Å². The Kier molecular flexibility index (Phi) is 5.04. The second-order valence-corrected chi connectivity index (χ2v) is 7.67. The Hall–Kier alpha value is -0.660. The fraction of sp³-hybridized carbons (Fsp3) is 0.923. The van der Waals surface area contributed by atoms with E-state index in [1.165, 1.54) is 17.1 Å². The first kappa shape index (κ1) is 15.7. The second-order valence-electron chi connectivity index (χ2n) is 5.97. The molecule has 2 N–H and O–H groups in total. The van der Waals surface area contributed by atoms with E-state index in [4.69, 9.17) is 5.11 Å². The summed E-state index contributed by atoms with van der Waals surface area (Å²) in [4.78, 5) is 10.9. The molecule has 116 valence electrons. The molecule has 0 bridgehead atoms. The molecule has 7 heteroatoms. The number of rotatable bonds is 5. The summed E-state index contributed by atoms with van der Waals surface area (Å²) >= 11 is 0. The van der Waals surface area contributed by atoms with Gasteiger partial charge in [-0.15, -0.1) is 0 Å². The van der Waals surface area contributed by atoms with Crippen LogP contribution in [-0.2, 0) is 15.0 Å². The molecule has 1 unspecified atom stereocenters. The van der Waals surface area contributed by atoms with E-state index in [9.17, 15) is 13.2 Å². The molecule has 1 saturated carbocycles. The van der Waals surface area contributed by atoms with Crippen molar-refractivity contribution in [2.45, 2.75) is 51.5 Å². The topological polar surface area (TPSA) is 86.7 Å². The average molecular weight is 304 g/mol. The number of piperidine rings is 1. The summed E-state index contributed by atoms with van der Waals surface area (Å²) in [6, 6.07) is -0.0419. The van der Waals surface area contributed by atoms with Crippen LogP contribution in [-0.4, -0.2) is 42.9 Å². The van der Waals surface area contributed by atoms with Crippen LogP contribution in [0.2, 0.25) is 0 Å². The summed E-state index contributed by atoms with van der Waals surface area (Å²) in [5, 5.41) is 8.93. The number of nitrogens with zero attached hydrogens (tertiary/aromatic N) is 1. The molecule has 2 aliphatic rings. The van der Waals surface area contributed by atoms with Gasteiger partial charge in [0.25, 0.3) is 10.2 Å². The van der Waals surface area contributed by atoms with Crippen LogP contribution in [0.25, 0.3) is 0 Å². The van der Waals surface area contributed by atoms with Gasteiger partial charge in [0, 0.05) is 19.1 Å². The van der Waals surface area contributed by atoms with Gasteiger partial charge in [0.15, 0.2) is 0 Å². The quantitative estimate of drug-likeness (QED) is 0.799. The Morgan fingerprint density at radius 2 is 1.75 bits per heavy atom. The average Bonchev–Trinajstić information content (AvgIpc) is 2.92. The number of carboxylic acid groups (broad SMARTS) is 1. The standard InChI is InChI=1S/C13H24N2O4S/c1-10(11-4-2-3-5-11)14-20(18,19)15-8-6-12(7-9-15)13(16)17/h10-12,14H,2-9H2,1H3,(H,16,17). The zero-order valence-corrected chi connectivity index (χ0v) is 12.7. The fourth-order valence-corrected chi connectivity index (χ4v) is 4.71. The van der Waals surface area contributed by atoms with Crippen LogP contribution in [0.5, 0.6) is 0 Å². The maximum absolute atomic E-state index is 12.3. The van der Waals surface area contributed by atoms with Crippen molar-refractivity contribution in [1.29, 1.82) is 0 Å². The van der Waals surface area contributed by atoms with Crippen molar-refractivity contribution in [1.82, 2.24) is 9.03 Å². The predicted octanol–water partition coefficient (Wildman–Crippen LogP) is 1.20. The molecule has 0 aromatic carbocycles. The highest BCUT2D eigenvalue weighted by molar-refractivity contribution is 7.87. The van der Waals surface area contributed by atoms with E-state index in [0.29, 0.717) is 31.8 Å². The van der Waals surface area contributed by atoms with Crippen molar-refractivity contribution >= 4 is 16.2 Å². The zero-order valence-electron chi connectivity index (χ0n) is 11.9. The number of carbonyl (C=O) groups is 1. The second kappa shape index (κ2) is 6.41. The van der Waals surface area contributed by atoms with Crippen molar-refractivity contribution in [3.63, 3.8) is 0 Å². The first-order valence-electron chi connectivity index (χ1n) is 7.40. The molecule has 0 aromatic heterocycles. The van der Waals surface area contributed by atoms with Crippen LogP contribution in [0.4, 0.5) is 0 Å². The Bertz CT molecular complexity index is 437. The minimum Gasteiger partial charge on any atom is -0.481 e. The molecular formula is C13H24N2O4S. The molecule has 0 amide bonds. The zero-order chi connectivity index (χ0) is 14.8. The van der Waals surface area contributed by atoms with Gasteiger partial charge >= 0.3 is 5.97 Å². The number of hydrogen-bond acceptors (Lipinski definition) is 3. The number of nitrogens with one attached hydrogen (secondary N) is 1. The smallest absolute Gasteiger partial charge is 0.306 e. The molecule has 6 nitrogen and oxygen atoms in total. The lowest BCUT2D eigenvalue weighted by Crippen LogP contribution is -2.49. The maximum atomic E-state index is 12.3. The Morgan fingerprint density at radius 1 is 1.20 bits per heavy atom. The highest BCUT2D eigenvalue weighted by Crippen LogP contribution is 2.28. The molecule has 20 heavy (non-hydrogen) atoms. The van der Waals surface area contributed by atoms with Gasteiger partial charge in [-0.05, 0) is 38.5 Å². The molecule has 1 saturated heterocycles. The van der Waals surface area contributed by atoms with Gasteiger partial charge in [-0.2, -0.15) is 17.4 Å². The minimum atomic E-state index is -3.48. The highest BCUT2D eigenvalue weighted by Gasteiger charge is 2.33. The summed E-state index contributed by atoms with van der Waals surface area (Å²) in [7, 11) is -3.48. The lowest BCUT2D eigenvalue weighted by Gasteiger charge is -2.31. The summed E-state index contributed by atoms with van der Waals surface area (Å²) in [5.74, 6) is -0.802. The Balaban J connectivity index is 1.89. The molecule has 2 rings (SSSR count). The van der Waals surface area contributed by atoms with Crippen LogP contribution >= 0.6 is 0 Å². The predicted molar refractivity (Wildman–Crippen MR) is 75.4 cm³/mol. The summed E-state index contributed by atoms with van der Waals surface area (Å²) in [6.45, 7) is 2.52.